The first kappa shape index (κ1) is 17.0. The molecule has 0 amide bonds. The van der Waals surface area contributed by atoms with Crippen molar-refractivity contribution in [2.75, 3.05) is 6.54 Å². The third-order valence-corrected chi connectivity index (χ3v) is 6.01. The lowest BCUT2D eigenvalue weighted by molar-refractivity contribution is 0.427. The predicted molar refractivity (Wildman–Crippen MR) is 90.6 cm³/mol. The van der Waals surface area contributed by atoms with Crippen molar-refractivity contribution in [1.82, 2.24) is 4.72 Å². The summed E-state index contributed by atoms with van der Waals surface area (Å²) in [5, 5.41) is 0. The number of hydrogen-bond acceptors (Lipinski definition) is 2. The van der Waals surface area contributed by atoms with Gasteiger partial charge in [-0.2, -0.15) is 0 Å². The van der Waals surface area contributed by atoms with E-state index >= 15 is 0 Å². The van der Waals surface area contributed by atoms with E-state index in [2.05, 4.69) is 20.7 Å². The summed E-state index contributed by atoms with van der Waals surface area (Å²) >= 11 is 3.35. The van der Waals surface area contributed by atoms with Crippen molar-refractivity contribution >= 4 is 26.0 Å². The van der Waals surface area contributed by atoms with Crippen LogP contribution in [0.3, 0.4) is 0 Å². The maximum atomic E-state index is 12.1. The molecule has 3 nitrogen and oxygen atoms in total. The molecule has 1 fully saturated rings. The number of benzene rings is 1. The molecule has 118 valence electrons. The second-order valence-electron chi connectivity index (χ2n) is 5.93. The number of hydrogen-bond donors (Lipinski definition) is 1. The Balaban J connectivity index is 1.76. The molecule has 21 heavy (non-hydrogen) atoms. The van der Waals surface area contributed by atoms with Gasteiger partial charge in [0.15, 0.2) is 0 Å². The van der Waals surface area contributed by atoms with Crippen molar-refractivity contribution in [2.24, 2.45) is 5.92 Å². The van der Waals surface area contributed by atoms with E-state index in [-0.39, 0.29) is 5.75 Å². The van der Waals surface area contributed by atoms with E-state index in [1.807, 2.05) is 24.3 Å². The van der Waals surface area contributed by atoms with E-state index in [9.17, 15) is 8.42 Å². The van der Waals surface area contributed by atoms with E-state index in [0.717, 1.165) is 16.5 Å². The lowest BCUT2D eigenvalue weighted by atomic mass is 9.97. The standard InChI is InChI=1S/C16H24BrNO2S/c17-16-9-7-15(8-10-16)13-21(19,20)18-12-11-14-5-3-1-2-4-6-14/h7-10,14,18H,1-6,11-13H2. The van der Waals surface area contributed by atoms with Crippen molar-refractivity contribution < 1.29 is 8.42 Å². The SMILES string of the molecule is O=S(=O)(Cc1ccc(Br)cc1)NCCC1CCCCCC1. The summed E-state index contributed by atoms with van der Waals surface area (Å²) in [5.41, 5.74) is 0.820. The first-order valence-electron chi connectivity index (χ1n) is 7.77. The maximum Gasteiger partial charge on any atom is 0.215 e. The quantitative estimate of drug-likeness (QED) is 0.758. The second-order valence-corrected chi connectivity index (χ2v) is 8.65. The van der Waals surface area contributed by atoms with Crippen molar-refractivity contribution in [3.05, 3.63) is 34.3 Å². The van der Waals surface area contributed by atoms with Crippen LogP contribution in [-0.2, 0) is 15.8 Å². The highest BCUT2D eigenvalue weighted by Crippen LogP contribution is 2.25. The van der Waals surface area contributed by atoms with E-state index in [1.54, 1.807) is 0 Å². The Morgan fingerprint density at radius 3 is 2.29 bits per heavy atom. The lowest BCUT2D eigenvalue weighted by Crippen LogP contribution is -2.27. The molecule has 0 unspecified atom stereocenters. The van der Waals surface area contributed by atoms with Gasteiger partial charge in [0, 0.05) is 11.0 Å². The third-order valence-electron chi connectivity index (χ3n) is 4.12. The highest BCUT2D eigenvalue weighted by Gasteiger charge is 2.15. The molecular formula is C16H24BrNO2S. The van der Waals surface area contributed by atoms with Crippen LogP contribution in [0.5, 0.6) is 0 Å². The second kappa shape index (κ2) is 8.30. The van der Waals surface area contributed by atoms with Crippen molar-refractivity contribution in [2.45, 2.75) is 50.7 Å². The Bertz CT molecular complexity index is 520. The van der Waals surface area contributed by atoms with Gasteiger partial charge in [-0.05, 0) is 30.0 Å². The third kappa shape index (κ3) is 6.49. The molecule has 0 heterocycles. The zero-order valence-electron chi connectivity index (χ0n) is 12.4. The van der Waals surface area contributed by atoms with Crippen LogP contribution < -0.4 is 4.72 Å². The lowest BCUT2D eigenvalue weighted by Gasteiger charge is -2.14. The van der Waals surface area contributed by atoms with Crippen LogP contribution in [0.4, 0.5) is 0 Å². The summed E-state index contributed by atoms with van der Waals surface area (Å²) in [5.74, 6) is 0.758. The van der Waals surface area contributed by atoms with Crippen LogP contribution >= 0.6 is 15.9 Å². The van der Waals surface area contributed by atoms with Crippen LogP contribution in [-0.4, -0.2) is 15.0 Å². The normalized spacial score (nSPS) is 17.6. The summed E-state index contributed by atoms with van der Waals surface area (Å²) in [6.45, 7) is 0.573. The first-order chi connectivity index (χ1) is 10.1. The average Bonchev–Trinajstić information content (AvgIpc) is 2.70. The van der Waals surface area contributed by atoms with Gasteiger partial charge >= 0.3 is 0 Å². The fourth-order valence-corrected chi connectivity index (χ4v) is 4.35. The summed E-state index contributed by atoms with van der Waals surface area (Å²) in [6, 6.07) is 7.43. The molecule has 1 aliphatic rings. The van der Waals surface area contributed by atoms with E-state index in [4.69, 9.17) is 0 Å². The molecule has 0 aliphatic heterocycles. The van der Waals surface area contributed by atoms with Crippen LogP contribution in [0.15, 0.2) is 28.7 Å². The number of nitrogens with one attached hydrogen (secondary N) is 1. The van der Waals surface area contributed by atoms with E-state index in [0.29, 0.717) is 12.5 Å². The summed E-state index contributed by atoms with van der Waals surface area (Å²) in [4.78, 5) is 0. The summed E-state index contributed by atoms with van der Waals surface area (Å²) < 4.78 is 27.9. The number of halogens is 1. The molecule has 0 atom stereocenters. The Kier molecular flexibility index (Phi) is 6.71. The minimum absolute atomic E-state index is 0.0605. The Morgan fingerprint density at radius 2 is 1.67 bits per heavy atom. The molecule has 5 heteroatoms. The van der Waals surface area contributed by atoms with Crippen molar-refractivity contribution in [3.8, 4) is 0 Å². The minimum Gasteiger partial charge on any atom is -0.215 e. The van der Waals surface area contributed by atoms with Gasteiger partial charge in [0.05, 0.1) is 5.75 Å². The van der Waals surface area contributed by atoms with Crippen molar-refractivity contribution in [1.29, 1.82) is 0 Å². The molecule has 0 aromatic heterocycles. The molecule has 0 saturated heterocycles. The molecule has 1 aromatic rings. The molecule has 1 aliphatic carbocycles. The van der Waals surface area contributed by atoms with Crippen LogP contribution in [0.1, 0.15) is 50.5 Å². The van der Waals surface area contributed by atoms with Crippen LogP contribution in [0, 0.1) is 5.92 Å². The summed E-state index contributed by atoms with van der Waals surface area (Å²) in [6.07, 6.45) is 8.77. The molecule has 0 spiro atoms. The van der Waals surface area contributed by atoms with Gasteiger partial charge in [-0.1, -0.05) is 66.6 Å². The molecule has 1 saturated carbocycles. The van der Waals surface area contributed by atoms with Gasteiger partial charge < -0.3 is 0 Å². The monoisotopic (exact) mass is 373 g/mol. The minimum atomic E-state index is -3.22. The largest absolute Gasteiger partial charge is 0.215 e. The molecule has 1 aromatic carbocycles. The molecular weight excluding hydrogens is 350 g/mol. The zero-order chi connectivity index (χ0) is 15.1. The fraction of sp³-hybridized carbons (Fsp3) is 0.625. The van der Waals surface area contributed by atoms with Gasteiger partial charge in [-0.3, -0.25) is 0 Å². The van der Waals surface area contributed by atoms with Crippen LogP contribution in [0.2, 0.25) is 0 Å². The molecule has 0 radical (unpaired) electrons. The van der Waals surface area contributed by atoms with E-state index in [1.165, 1.54) is 38.5 Å². The zero-order valence-corrected chi connectivity index (χ0v) is 14.8. The van der Waals surface area contributed by atoms with Gasteiger partial charge in [-0.25, -0.2) is 13.1 Å². The van der Waals surface area contributed by atoms with Crippen LogP contribution in [0.25, 0.3) is 0 Å². The summed E-state index contributed by atoms with van der Waals surface area (Å²) in [7, 11) is -3.22. The van der Waals surface area contributed by atoms with E-state index < -0.39 is 10.0 Å². The van der Waals surface area contributed by atoms with Gasteiger partial charge in [-0.15, -0.1) is 0 Å². The van der Waals surface area contributed by atoms with Gasteiger partial charge in [0.2, 0.25) is 10.0 Å². The molecule has 2 rings (SSSR count). The fourth-order valence-electron chi connectivity index (χ4n) is 2.92. The predicted octanol–water partition coefficient (Wildman–Crippen LogP) is 4.23. The number of rotatable bonds is 6. The van der Waals surface area contributed by atoms with Gasteiger partial charge in [0.1, 0.15) is 0 Å². The highest BCUT2D eigenvalue weighted by molar-refractivity contribution is 9.10. The first-order valence-corrected chi connectivity index (χ1v) is 10.2. The Morgan fingerprint density at radius 1 is 1.05 bits per heavy atom. The average molecular weight is 374 g/mol. The van der Waals surface area contributed by atoms with Gasteiger partial charge in [0.25, 0.3) is 0 Å². The number of sulfonamides is 1. The van der Waals surface area contributed by atoms with Crippen molar-refractivity contribution in [3.63, 3.8) is 0 Å². The highest BCUT2D eigenvalue weighted by atomic mass is 79.9. The molecule has 1 N–H and O–H groups in total. The topological polar surface area (TPSA) is 46.2 Å². The Hall–Kier alpha value is -0.390. The maximum absolute atomic E-state index is 12.1. The molecule has 0 bridgehead atoms. The Labute approximate surface area is 136 Å². The smallest absolute Gasteiger partial charge is 0.215 e.